The number of nitrogens with one attached hydrogen (secondary N) is 1. The Balaban J connectivity index is 1.57. The normalized spacial score (nSPS) is 17.9. The van der Waals surface area contributed by atoms with Crippen LogP contribution in [0.25, 0.3) is 0 Å². The first-order chi connectivity index (χ1) is 16.0. The maximum absolute atomic E-state index is 12.8. The number of nitrogens with two attached hydrogens (primary N) is 1. The molecule has 2 aromatic rings. The molecule has 1 atom stereocenters. The Morgan fingerprint density at radius 2 is 1.91 bits per heavy atom. The second-order valence-corrected chi connectivity index (χ2v) is 7.83. The van der Waals surface area contributed by atoms with Gasteiger partial charge in [-0.2, -0.15) is 0 Å². The van der Waals surface area contributed by atoms with E-state index in [1.54, 1.807) is 12.1 Å². The Labute approximate surface area is 191 Å². The highest BCUT2D eigenvalue weighted by molar-refractivity contribution is 6.05. The number of hydrogen-bond donors (Lipinski definition) is 2. The molecule has 1 saturated heterocycles. The number of imide groups is 1. The molecule has 1 unspecified atom stereocenters. The zero-order chi connectivity index (χ0) is 24.6. The Kier molecular flexibility index (Phi) is 5.90. The second kappa shape index (κ2) is 8.69. The first-order valence-electron chi connectivity index (χ1n) is 10.2. The number of amides is 5. The van der Waals surface area contributed by atoms with Crippen LogP contribution in [0.15, 0.2) is 42.5 Å². The number of carbonyl (C=O) groups excluding carboxylic acids is 4. The van der Waals surface area contributed by atoms with E-state index in [0.717, 1.165) is 11.0 Å². The largest absolute Gasteiger partial charge is 0.573 e. The Morgan fingerprint density at radius 1 is 1.18 bits per heavy atom. The van der Waals surface area contributed by atoms with Crippen LogP contribution in [0.4, 0.5) is 23.7 Å². The molecule has 2 heterocycles. The summed E-state index contributed by atoms with van der Waals surface area (Å²) in [4.78, 5) is 50.8. The third-order valence-corrected chi connectivity index (χ3v) is 5.58. The number of piperidine rings is 1. The fraction of sp³-hybridized carbons (Fsp3) is 0.273. The number of halogens is 3. The molecular weight excluding hydrogens is 457 g/mol. The minimum Gasteiger partial charge on any atom is -0.404 e. The molecule has 2 aliphatic rings. The van der Waals surface area contributed by atoms with Gasteiger partial charge in [0.1, 0.15) is 6.04 Å². The van der Waals surface area contributed by atoms with Crippen LogP contribution in [-0.2, 0) is 22.7 Å². The van der Waals surface area contributed by atoms with Gasteiger partial charge < -0.3 is 15.4 Å². The van der Waals surface area contributed by atoms with Gasteiger partial charge in [-0.1, -0.05) is 24.3 Å². The minimum absolute atomic E-state index is 0.110. The van der Waals surface area contributed by atoms with E-state index in [2.05, 4.69) is 10.1 Å². The molecule has 12 heteroatoms. The minimum atomic E-state index is -4.97. The van der Waals surface area contributed by atoms with Gasteiger partial charge in [-0.15, -0.1) is 13.2 Å². The van der Waals surface area contributed by atoms with Crippen molar-refractivity contribution in [3.8, 4) is 5.75 Å². The van der Waals surface area contributed by atoms with Crippen molar-refractivity contribution in [2.45, 2.75) is 38.3 Å². The van der Waals surface area contributed by atoms with Crippen molar-refractivity contribution in [3.63, 3.8) is 0 Å². The number of primary amides is 1. The topological polar surface area (TPSA) is 122 Å². The molecule has 4 rings (SSSR count). The zero-order valence-electron chi connectivity index (χ0n) is 17.6. The Hall–Kier alpha value is -4.09. The maximum Gasteiger partial charge on any atom is 0.573 e. The highest BCUT2D eigenvalue weighted by Crippen LogP contribution is 2.34. The van der Waals surface area contributed by atoms with Gasteiger partial charge in [0.25, 0.3) is 5.91 Å². The van der Waals surface area contributed by atoms with E-state index < -0.39 is 36.0 Å². The summed E-state index contributed by atoms with van der Waals surface area (Å²) in [7, 11) is 0. The van der Waals surface area contributed by atoms with Crippen LogP contribution >= 0.6 is 0 Å². The van der Waals surface area contributed by atoms with Crippen molar-refractivity contribution in [3.05, 3.63) is 59.2 Å². The zero-order valence-corrected chi connectivity index (χ0v) is 17.6. The highest BCUT2D eigenvalue weighted by Gasteiger charge is 2.39. The van der Waals surface area contributed by atoms with E-state index in [1.165, 1.54) is 29.2 Å². The number of hydrogen-bond acceptors (Lipinski definition) is 5. The van der Waals surface area contributed by atoms with Gasteiger partial charge in [-0.25, -0.2) is 4.79 Å². The van der Waals surface area contributed by atoms with Crippen molar-refractivity contribution >= 4 is 29.4 Å². The van der Waals surface area contributed by atoms with Gasteiger partial charge in [0.15, 0.2) is 5.75 Å². The number of fused-ring (bicyclic) bond motifs is 1. The Morgan fingerprint density at radius 3 is 2.59 bits per heavy atom. The number of urea groups is 1. The molecule has 2 aromatic carbocycles. The lowest BCUT2D eigenvalue weighted by atomic mass is 10.0. The molecule has 0 spiro atoms. The van der Waals surface area contributed by atoms with Gasteiger partial charge in [0.05, 0.1) is 12.2 Å². The van der Waals surface area contributed by atoms with Crippen LogP contribution in [0.2, 0.25) is 0 Å². The number of alkyl halides is 3. The van der Waals surface area contributed by atoms with Crippen molar-refractivity contribution in [2.75, 3.05) is 4.90 Å². The molecule has 0 saturated carbocycles. The smallest absolute Gasteiger partial charge is 0.404 e. The SMILES string of the molecule is NC(=O)N(Cc1ccc2c(c1)CN(C1CCC(=O)NC1=O)C2=O)c1ccccc1OC(F)(F)F. The molecule has 0 bridgehead atoms. The molecule has 5 amide bonds. The Bertz CT molecular complexity index is 1180. The summed E-state index contributed by atoms with van der Waals surface area (Å²) in [5, 5.41) is 2.22. The summed E-state index contributed by atoms with van der Waals surface area (Å²) in [6.07, 6.45) is -4.63. The summed E-state index contributed by atoms with van der Waals surface area (Å²) >= 11 is 0. The highest BCUT2D eigenvalue weighted by atomic mass is 19.4. The van der Waals surface area contributed by atoms with Gasteiger partial charge in [0.2, 0.25) is 11.8 Å². The summed E-state index contributed by atoms with van der Waals surface area (Å²) in [5.74, 6) is -1.89. The fourth-order valence-electron chi connectivity index (χ4n) is 4.08. The maximum atomic E-state index is 12.8. The van der Waals surface area contributed by atoms with Crippen molar-refractivity contribution in [1.29, 1.82) is 0 Å². The lowest BCUT2D eigenvalue weighted by Crippen LogP contribution is -2.52. The molecule has 3 N–H and O–H groups in total. The molecule has 9 nitrogen and oxygen atoms in total. The fourth-order valence-corrected chi connectivity index (χ4v) is 4.08. The summed E-state index contributed by atoms with van der Waals surface area (Å²) in [6.45, 7) is -0.0773. The summed E-state index contributed by atoms with van der Waals surface area (Å²) in [6, 6.07) is 8.02. The number of para-hydroxylation sites is 2. The predicted molar refractivity (Wildman–Crippen MR) is 111 cm³/mol. The first-order valence-corrected chi connectivity index (χ1v) is 10.2. The average molecular weight is 476 g/mol. The van der Waals surface area contributed by atoms with Gasteiger partial charge in [-0.3, -0.25) is 24.6 Å². The van der Waals surface area contributed by atoms with Crippen LogP contribution in [-0.4, -0.2) is 41.1 Å². The molecule has 34 heavy (non-hydrogen) atoms. The quantitative estimate of drug-likeness (QED) is 0.642. The molecule has 178 valence electrons. The number of ether oxygens (including phenoxy) is 1. The monoisotopic (exact) mass is 476 g/mol. The van der Waals surface area contributed by atoms with E-state index in [-0.39, 0.29) is 37.5 Å². The van der Waals surface area contributed by atoms with Crippen LogP contribution in [0, 0.1) is 0 Å². The van der Waals surface area contributed by atoms with Crippen molar-refractivity contribution in [1.82, 2.24) is 10.2 Å². The number of nitrogens with zero attached hydrogens (tertiary/aromatic N) is 2. The van der Waals surface area contributed by atoms with Crippen LogP contribution < -0.4 is 20.7 Å². The molecule has 0 aromatic heterocycles. The number of benzene rings is 2. The number of anilines is 1. The van der Waals surface area contributed by atoms with E-state index >= 15 is 0 Å². The average Bonchev–Trinajstić information content (AvgIpc) is 3.07. The number of carbonyl (C=O) groups is 4. The molecule has 0 aliphatic carbocycles. The molecule has 1 fully saturated rings. The van der Waals surface area contributed by atoms with Crippen LogP contribution in [0.3, 0.4) is 0 Å². The van der Waals surface area contributed by atoms with Crippen LogP contribution in [0.1, 0.15) is 34.3 Å². The predicted octanol–water partition coefficient (Wildman–Crippen LogP) is 2.43. The van der Waals surface area contributed by atoms with Crippen molar-refractivity contribution in [2.24, 2.45) is 5.73 Å². The first kappa shape index (κ1) is 23.1. The lowest BCUT2D eigenvalue weighted by Gasteiger charge is -2.29. The molecule has 2 aliphatic heterocycles. The van der Waals surface area contributed by atoms with Crippen LogP contribution in [0.5, 0.6) is 5.75 Å². The third kappa shape index (κ3) is 4.65. The third-order valence-electron chi connectivity index (χ3n) is 5.58. The molecule has 0 radical (unpaired) electrons. The number of rotatable bonds is 5. The van der Waals surface area contributed by atoms with E-state index in [1.807, 2.05) is 0 Å². The van der Waals surface area contributed by atoms with E-state index in [0.29, 0.717) is 16.7 Å². The van der Waals surface area contributed by atoms with Gasteiger partial charge >= 0.3 is 12.4 Å². The summed E-state index contributed by atoms with van der Waals surface area (Å²) in [5.41, 5.74) is 6.71. The summed E-state index contributed by atoms with van der Waals surface area (Å²) < 4.78 is 42.4. The van der Waals surface area contributed by atoms with Gasteiger partial charge in [0, 0.05) is 18.5 Å². The van der Waals surface area contributed by atoms with Crippen molar-refractivity contribution < 1.29 is 37.1 Å². The van der Waals surface area contributed by atoms with E-state index in [9.17, 15) is 32.3 Å². The van der Waals surface area contributed by atoms with Gasteiger partial charge in [-0.05, 0) is 35.7 Å². The van der Waals surface area contributed by atoms with E-state index in [4.69, 9.17) is 5.73 Å². The molecular formula is C22H19F3N4O5. The standard InChI is InChI=1S/C22H19F3N4O5/c23-22(24,25)34-17-4-2-1-3-15(17)29(21(26)33)10-12-5-6-14-13(9-12)11-28(20(14)32)16-7-8-18(30)27-19(16)31/h1-6,9,16H,7-8,10-11H2,(H2,26,33)(H,27,30,31). The second-order valence-electron chi connectivity index (χ2n) is 7.83. The lowest BCUT2D eigenvalue weighted by molar-refractivity contribution is -0.274.